The van der Waals surface area contributed by atoms with Gasteiger partial charge in [-0.3, -0.25) is 0 Å². The van der Waals surface area contributed by atoms with Crippen LogP contribution in [0, 0.1) is 0 Å². The van der Waals surface area contributed by atoms with E-state index in [4.69, 9.17) is 4.74 Å². The molecule has 98 valence electrons. The van der Waals surface area contributed by atoms with Crippen molar-refractivity contribution in [3.8, 4) is 5.75 Å². The minimum Gasteiger partial charge on any atom is -0.497 e. The normalized spacial score (nSPS) is 10.7. The summed E-state index contributed by atoms with van der Waals surface area (Å²) in [5, 5.41) is 4.07. The van der Waals surface area contributed by atoms with Crippen molar-refractivity contribution in [3.63, 3.8) is 0 Å². The third-order valence-corrected chi connectivity index (χ3v) is 4.75. The molecule has 3 rings (SSSR count). The molecule has 0 unspecified atom stereocenters. The highest BCUT2D eigenvalue weighted by Gasteiger charge is 2.02. The zero-order valence-electron chi connectivity index (χ0n) is 11.5. The minimum absolute atomic E-state index is 0.787. The minimum atomic E-state index is 0.787. The van der Waals surface area contributed by atoms with Crippen molar-refractivity contribution in [1.82, 2.24) is 0 Å². The van der Waals surface area contributed by atoms with Crippen LogP contribution in [0.15, 0.2) is 66.7 Å². The monoisotopic (exact) mass is 276 g/mol. The van der Waals surface area contributed by atoms with Crippen molar-refractivity contribution >= 4 is 25.5 Å². The molecule has 0 aliphatic heterocycles. The van der Waals surface area contributed by atoms with Gasteiger partial charge < -0.3 is 4.74 Å². The van der Waals surface area contributed by atoms with E-state index < -0.39 is 0 Å². The molecule has 3 aromatic carbocycles. The fourth-order valence-corrected chi connectivity index (χ4v) is 3.46. The van der Waals surface area contributed by atoms with E-state index in [1.807, 2.05) is 12.1 Å². The largest absolute Gasteiger partial charge is 0.497 e. The Morgan fingerprint density at radius 2 is 1.60 bits per heavy atom. The van der Waals surface area contributed by atoms with Gasteiger partial charge in [0, 0.05) is 0 Å². The van der Waals surface area contributed by atoms with Crippen LogP contribution in [0.5, 0.6) is 5.75 Å². The highest BCUT2D eigenvalue weighted by molar-refractivity contribution is 6.53. The SMILES string of the molecule is COc1ccc([Si]Cc2cccc3ccccc23)cc1. The molecular formula is C18H16OSi. The Hall–Kier alpha value is -2.06. The van der Waals surface area contributed by atoms with Crippen LogP contribution in [0.3, 0.4) is 0 Å². The third-order valence-electron chi connectivity index (χ3n) is 3.45. The lowest BCUT2D eigenvalue weighted by Crippen LogP contribution is -2.16. The zero-order chi connectivity index (χ0) is 13.8. The molecule has 0 saturated carbocycles. The molecular weight excluding hydrogens is 260 g/mol. The highest BCUT2D eigenvalue weighted by Crippen LogP contribution is 2.18. The van der Waals surface area contributed by atoms with E-state index in [1.54, 1.807) is 7.11 Å². The van der Waals surface area contributed by atoms with Crippen LogP contribution in [0.4, 0.5) is 0 Å². The number of methoxy groups -OCH3 is 1. The summed E-state index contributed by atoms with van der Waals surface area (Å²) in [4.78, 5) is 0. The lowest BCUT2D eigenvalue weighted by atomic mass is 10.1. The van der Waals surface area contributed by atoms with Gasteiger partial charge in [0.05, 0.1) is 16.6 Å². The lowest BCUT2D eigenvalue weighted by molar-refractivity contribution is 0.415. The van der Waals surface area contributed by atoms with E-state index in [-0.39, 0.29) is 0 Å². The Morgan fingerprint density at radius 1 is 0.850 bits per heavy atom. The molecule has 2 heteroatoms. The van der Waals surface area contributed by atoms with Gasteiger partial charge in [-0.25, -0.2) is 0 Å². The molecule has 0 bridgehead atoms. The van der Waals surface area contributed by atoms with Crippen molar-refractivity contribution in [1.29, 1.82) is 0 Å². The number of rotatable bonds is 4. The second-order valence-corrected chi connectivity index (χ2v) is 6.00. The maximum absolute atomic E-state index is 5.19. The molecule has 1 nitrogen and oxygen atoms in total. The molecule has 0 aromatic heterocycles. The van der Waals surface area contributed by atoms with Crippen LogP contribution in [0.2, 0.25) is 0 Å². The Labute approximate surface area is 122 Å². The van der Waals surface area contributed by atoms with Crippen molar-refractivity contribution in [3.05, 3.63) is 72.3 Å². The number of hydrogen-bond acceptors (Lipinski definition) is 1. The number of hydrogen-bond donors (Lipinski definition) is 0. The average Bonchev–Trinajstić information content (AvgIpc) is 2.53. The smallest absolute Gasteiger partial charge is 0.118 e. The van der Waals surface area contributed by atoms with Gasteiger partial charge in [-0.2, -0.15) is 0 Å². The molecule has 0 amide bonds. The quantitative estimate of drug-likeness (QED) is 0.664. The summed E-state index contributed by atoms with van der Waals surface area (Å²) in [6.45, 7) is 0. The summed E-state index contributed by atoms with van der Waals surface area (Å²) in [5.41, 5.74) is 1.43. The van der Waals surface area contributed by atoms with Crippen LogP contribution in [0.25, 0.3) is 10.8 Å². The molecule has 0 saturated heterocycles. The molecule has 0 atom stereocenters. The van der Waals surface area contributed by atoms with Gasteiger partial charge in [-0.15, -0.1) is 0 Å². The van der Waals surface area contributed by atoms with Crippen LogP contribution >= 0.6 is 0 Å². The number of benzene rings is 3. The first-order valence-electron chi connectivity index (χ1n) is 6.71. The van der Waals surface area contributed by atoms with Gasteiger partial charge in [0.25, 0.3) is 0 Å². The van der Waals surface area contributed by atoms with Gasteiger partial charge in [0.15, 0.2) is 0 Å². The predicted molar refractivity (Wildman–Crippen MR) is 86.0 cm³/mol. The summed E-state index contributed by atoms with van der Waals surface area (Å²) >= 11 is 0. The first kappa shape index (κ1) is 12.9. The second-order valence-electron chi connectivity index (χ2n) is 4.72. The topological polar surface area (TPSA) is 9.23 Å². The summed E-state index contributed by atoms with van der Waals surface area (Å²) in [6.07, 6.45) is 0. The summed E-state index contributed by atoms with van der Waals surface area (Å²) < 4.78 is 5.19. The van der Waals surface area contributed by atoms with Gasteiger partial charge in [-0.1, -0.05) is 59.8 Å². The molecule has 0 heterocycles. The molecule has 0 spiro atoms. The van der Waals surface area contributed by atoms with E-state index in [0.717, 1.165) is 21.3 Å². The molecule has 3 aromatic rings. The van der Waals surface area contributed by atoms with Crippen molar-refractivity contribution in [2.75, 3.05) is 7.11 Å². The van der Waals surface area contributed by atoms with Crippen LogP contribution in [-0.2, 0) is 6.04 Å². The Balaban J connectivity index is 1.79. The first-order valence-corrected chi connectivity index (χ1v) is 7.92. The molecule has 2 radical (unpaired) electrons. The number of ether oxygens (including phenoxy) is 1. The molecule has 20 heavy (non-hydrogen) atoms. The van der Waals surface area contributed by atoms with Gasteiger partial charge >= 0.3 is 0 Å². The Kier molecular flexibility index (Phi) is 3.84. The Bertz CT molecular complexity index is 699. The van der Waals surface area contributed by atoms with E-state index in [2.05, 4.69) is 54.6 Å². The lowest BCUT2D eigenvalue weighted by Gasteiger charge is -2.06. The van der Waals surface area contributed by atoms with Crippen LogP contribution in [0.1, 0.15) is 5.56 Å². The maximum atomic E-state index is 5.19. The van der Waals surface area contributed by atoms with E-state index >= 15 is 0 Å². The summed E-state index contributed by atoms with van der Waals surface area (Å²) in [5.74, 6) is 0.920. The van der Waals surface area contributed by atoms with Crippen molar-refractivity contribution in [2.24, 2.45) is 0 Å². The summed E-state index contributed by atoms with van der Waals surface area (Å²) in [7, 11) is 2.49. The van der Waals surface area contributed by atoms with E-state index in [9.17, 15) is 0 Å². The van der Waals surface area contributed by atoms with E-state index in [1.165, 1.54) is 21.5 Å². The fourth-order valence-electron chi connectivity index (χ4n) is 2.35. The zero-order valence-corrected chi connectivity index (χ0v) is 12.5. The van der Waals surface area contributed by atoms with E-state index in [0.29, 0.717) is 0 Å². The molecule has 0 fully saturated rings. The van der Waals surface area contributed by atoms with Crippen molar-refractivity contribution < 1.29 is 4.74 Å². The molecule has 0 aliphatic rings. The molecule has 0 aliphatic carbocycles. The van der Waals surface area contributed by atoms with Gasteiger partial charge in [0.2, 0.25) is 0 Å². The Morgan fingerprint density at radius 3 is 2.40 bits per heavy atom. The first-order chi connectivity index (χ1) is 9.86. The fraction of sp³-hybridized carbons (Fsp3) is 0.111. The van der Waals surface area contributed by atoms with Crippen LogP contribution in [-0.4, -0.2) is 16.6 Å². The highest BCUT2D eigenvalue weighted by atomic mass is 28.2. The summed E-state index contributed by atoms with van der Waals surface area (Å²) in [6, 6.07) is 24.6. The average molecular weight is 276 g/mol. The maximum Gasteiger partial charge on any atom is 0.118 e. The molecule has 0 N–H and O–H groups in total. The van der Waals surface area contributed by atoms with Crippen molar-refractivity contribution in [2.45, 2.75) is 6.04 Å². The standard InChI is InChI=1S/C18H16OSi/c1-19-16-9-11-17(12-10-16)20-13-15-7-4-6-14-5-2-3-8-18(14)15/h2-12H,13H2,1H3. The van der Waals surface area contributed by atoms with Crippen LogP contribution < -0.4 is 9.92 Å². The number of fused-ring (bicyclic) bond motifs is 1. The second kappa shape index (κ2) is 5.93. The van der Waals surface area contributed by atoms with Gasteiger partial charge in [-0.05, 0) is 34.5 Å². The predicted octanol–water partition coefficient (Wildman–Crippen LogP) is 3.38. The third kappa shape index (κ3) is 2.75. The van der Waals surface area contributed by atoms with Gasteiger partial charge in [0.1, 0.15) is 5.75 Å².